The van der Waals surface area contributed by atoms with Crippen LogP contribution in [0.15, 0.2) is 48.5 Å². The van der Waals surface area contributed by atoms with Crippen LogP contribution < -0.4 is 20.1 Å². The molecule has 0 saturated carbocycles. The maximum Gasteiger partial charge on any atom is 0.315 e. The van der Waals surface area contributed by atoms with E-state index in [4.69, 9.17) is 9.47 Å². The van der Waals surface area contributed by atoms with Crippen LogP contribution in [0.1, 0.15) is 18.1 Å². The van der Waals surface area contributed by atoms with Crippen LogP contribution in [0, 0.1) is 0 Å². The minimum absolute atomic E-state index is 0.106. The van der Waals surface area contributed by atoms with Gasteiger partial charge < -0.3 is 25.2 Å². The Labute approximate surface area is 147 Å². The molecule has 134 valence electrons. The Morgan fingerprint density at radius 1 is 1.04 bits per heavy atom. The second-order valence-corrected chi connectivity index (χ2v) is 5.87. The number of nitrogens with one attached hydrogen (secondary N) is 2. The van der Waals surface area contributed by atoms with Crippen molar-refractivity contribution in [2.75, 3.05) is 20.8 Å². The van der Waals surface area contributed by atoms with E-state index in [1.165, 1.54) is 0 Å². The number of rotatable bonds is 7. The molecule has 1 unspecified atom stereocenters. The summed E-state index contributed by atoms with van der Waals surface area (Å²) < 4.78 is 10.4. The maximum atomic E-state index is 12.0. The van der Waals surface area contributed by atoms with Crippen LogP contribution in [0.5, 0.6) is 11.5 Å². The lowest BCUT2D eigenvalue weighted by Crippen LogP contribution is -2.43. The van der Waals surface area contributed by atoms with E-state index in [2.05, 4.69) is 10.6 Å². The van der Waals surface area contributed by atoms with E-state index in [9.17, 15) is 9.90 Å². The van der Waals surface area contributed by atoms with Gasteiger partial charge in [0.2, 0.25) is 0 Å². The van der Waals surface area contributed by atoms with Crippen LogP contribution >= 0.6 is 0 Å². The Hall–Kier alpha value is -2.73. The molecular formula is C19H24N2O4. The van der Waals surface area contributed by atoms with Crippen LogP contribution in [0.25, 0.3) is 0 Å². The van der Waals surface area contributed by atoms with Crippen LogP contribution in [-0.4, -0.2) is 31.9 Å². The first-order chi connectivity index (χ1) is 12.0. The lowest BCUT2D eigenvalue weighted by Gasteiger charge is -2.24. The molecule has 2 rings (SSSR count). The fourth-order valence-corrected chi connectivity index (χ4v) is 2.39. The summed E-state index contributed by atoms with van der Waals surface area (Å²) in [7, 11) is 3.13. The fraction of sp³-hybridized carbons (Fsp3) is 0.316. The highest BCUT2D eigenvalue weighted by Crippen LogP contribution is 2.27. The van der Waals surface area contributed by atoms with Crippen molar-refractivity contribution in [3.63, 3.8) is 0 Å². The predicted molar refractivity (Wildman–Crippen MR) is 95.8 cm³/mol. The number of carbonyl (C=O) groups excluding carboxylic acids is 1. The zero-order valence-corrected chi connectivity index (χ0v) is 14.7. The molecule has 6 heteroatoms. The molecule has 2 aromatic rings. The molecule has 25 heavy (non-hydrogen) atoms. The van der Waals surface area contributed by atoms with Crippen LogP contribution in [0.2, 0.25) is 0 Å². The molecule has 2 amide bonds. The Morgan fingerprint density at radius 3 is 2.36 bits per heavy atom. The van der Waals surface area contributed by atoms with Crippen molar-refractivity contribution in [3.8, 4) is 11.5 Å². The third-order valence-electron chi connectivity index (χ3n) is 3.89. The van der Waals surface area contributed by atoms with Crippen molar-refractivity contribution >= 4 is 6.03 Å². The van der Waals surface area contributed by atoms with Crippen molar-refractivity contribution in [1.29, 1.82) is 0 Å². The highest BCUT2D eigenvalue weighted by molar-refractivity contribution is 5.74. The summed E-state index contributed by atoms with van der Waals surface area (Å²) in [6.45, 7) is 2.10. The van der Waals surface area contributed by atoms with Crippen LogP contribution in [0.4, 0.5) is 4.79 Å². The van der Waals surface area contributed by atoms with E-state index >= 15 is 0 Å². The number of carbonyl (C=O) groups is 1. The lowest BCUT2D eigenvalue weighted by atomic mass is 9.96. The van der Waals surface area contributed by atoms with Crippen molar-refractivity contribution in [3.05, 3.63) is 59.7 Å². The van der Waals surface area contributed by atoms with Gasteiger partial charge >= 0.3 is 6.03 Å². The summed E-state index contributed by atoms with van der Waals surface area (Å²) in [5.74, 6) is 1.24. The van der Waals surface area contributed by atoms with Gasteiger partial charge in [-0.05, 0) is 30.2 Å². The van der Waals surface area contributed by atoms with Gasteiger partial charge in [0.25, 0.3) is 0 Å². The Bertz CT molecular complexity index is 702. The van der Waals surface area contributed by atoms with E-state index in [1.807, 2.05) is 36.4 Å². The monoisotopic (exact) mass is 344 g/mol. The second-order valence-electron chi connectivity index (χ2n) is 5.87. The molecular weight excluding hydrogens is 320 g/mol. The van der Waals surface area contributed by atoms with Gasteiger partial charge in [0, 0.05) is 6.54 Å². The topological polar surface area (TPSA) is 79.8 Å². The summed E-state index contributed by atoms with van der Waals surface area (Å²) in [4.78, 5) is 12.0. The maximum absolute atomic E-state index is 12.0. The van der Waals surface area contributed by atoms with Crippen molar-refractivity contribution < 1.29 is 19.4 Å². The first kappa shape index (κ1) is 18.6. The molecule has 0 fully saturated rings. The molecule has 0 radical (unpaired) electrons. The van der Waals surface area contributed by atoms with E-state index < -0.39 is 5.60 Å². The van der Waals surface area contributed by atoms with Gasteiger partial charge in [0.05, 0.1) is 20.8 Å². The molecule has 0 saturated heterocycles. The SMILES string of the molecule is COc1ccc(CNC(=O)NCC(C)(O)c2ccccc2)cc1OC. The van der Waals surface area contributed by atoms with Gasteiger partial charge in [-0.1, -0.05) is 36.4 Å². The molecule has 1 atom stereocenters. The molecule has 6 nitrogen and oxygen atoms in total. The van der Waals surface area contributed by atoms with E-state index in [1.54, 1.807) is 33.3 Å². The molecule has 0 heterocycles. The summed E-state index contributed by atoms with van der Waals surface area (Å²) >= 11 is 0. The van der Waals surface area contributed by atoms with E-state index in [0.717, 1.165) is 11.1 Å². The first-order valence-corrected chi connectivity index (χ1v) is 7.97. The third-order valence-corrected chi connectivity index (χ3v) is 3.89. The van der Waals surface area contributed by atoms with E-state index in [0.29, 0.717) is 18.0 Å². The predicted octanol–water partition coefficient (Wildman–Crippen LogP) is 2.41. The van der Waals surface area contributed by atoms with Crippen LogP contribution in [-0.2, 0) is 12.1 Å². The van der Waals surface area contributed by atoms with Gasteiger partial charge in [-0.2, -0.15) is 0 Å². The normalized spacial score (nSPS) is 12.8. The number of aliphatic hydroxyl groups is 1. The highest BCUT2D eigenvalue weighted by atomic mass is 16.5. The second kappa shape index (κ2) is 8.39. The van der Waals surface area contributed by atoms with Gasteiger partial charge in [-0.25, -0.2) is 4.79 Å². The number of hydrogen-bond acceptors (Lipinski definition) is 4. The molecule has 0 bridgehead atoms. The zero-order chi connectivity index (χ0) is 18.3. The largest absolute Gasteiger partial charge is 0.493 e. The standard InChI is InChI=1S/C19H24N2O4/c1-19(23,15-7-5-4-6-8-15)13-21-18(22)20-12-14-9-10-16(24-2)17(11-14)25-3/h4-11,23H,12-13H2,1-3H3,(H2,20,21,22). The Balaban J connectivity index is 1.87. The van der Waals surface area contributed by atoms with E-state index in [-0.39, 0.29) is 12.6 Å². The number of hydrogen-bond donors (Lipinski definition) is 3. The fourth-order valence-electron chi connectivity index (χ4n) is 2.39. The van der Waals surface area contributed by atoms with Gasteiger partial charge in [0.1, 0.15) is 5.60 Å². The minimum Gasteiger partial charge on any atom is -0.493 e. The minimum atomic E-state index is -1.14. The average Bonchev–Trinajstić information content (AvgIpc) is 2.65. The summed E-state index contributed by atoms with van der Waals surface area (Å²) in [6.07, 6.45) is 0. The Kier molecular flexibility index (Phi) is 6.25. The molecule has 0 aromatic heterocycles. The van der Waals surface area contributed by atoms with Crippen LogP contribution in [0.3, 0.4) is 0 Å². The third kappa shape index (κ3) is 5.12. The molecule has 0 aliphatic carbocycles. The number of benzene rings is 2. The average molecular weight is 344 g/mol. The first-order valence-electron chi connectivity index (χ1n) is 7.97. The van der Waals surface area contributed by atoms with Crippen molar-refractivity contribution in [2.45, 2.75) is 19.1 Å². The lowest BCUT2D eigenvalue weighted by molar-refractivity contribution is 0.0594. The molecule has 0 aliphatic heterocycles. The zero-order valence-electron chi connectivity index (χ0n) is 14.7. The van der Waals surface area contributed by atoms with Gasteiger partial charge in [0.15, 0.2) is 11.5 Å². The van der Waals surface area contributed by atoms with Gasteiger partial charge in [-0.15, -0.1) is 0 Å². The highest BCUT2D eigenvalue weighted by Gasteiger charge is 2.23. The molecule has 2 aromatic carbocycles. The number of methoxy groups -OCH3 is 2. The molecule has 3 N–H and O–H groups in total. The van der Waals surface area contributed by atoms with Crippen molar-refractivity contribution in [2.24, 2.45) is 0 Å². The number of amides is 2. The quantitative estimate of drug-likeness (QED) is 0.721. The van der Waals surface area contributed by atoms with Gasteiger partial charge in [-0.3, -0.25) is 0 Å². The number of ether oxygens (including phenoxy) is 2. The van der Waals surface area contributed by atoms with Crippen molar-refractivity contribution in [1.82, 2.24) is 10.6 Å². The summed E-state index contributed by atoms with van der Waals surface area (Å²) in [6, 6.07) is 14.3. The Morgan fingerprint density at radius 2 is 1.72 bits per heavy atom. The molecule has 0 spiro atoms. The molecule has 0 aliphatic rings. The smallest absolute Gasteiger partial charge is 0.315 e. The summed E-state index contributed by atoms with van der Waals surface area (Å²) in [5, 5.41) is 15.9. The summed E-state index contributed by atoms with van der Waals surface area (Å²) in [5.41, 5.74) is 0.486. The number of urea groups is 1.